The molecule has 1 atom stereocenters. The lowest BCUT2D eigenvalue weighted by molar-refractivity contribution is -0.139. The first kappa shape index (κ1) is 26.1. The van der Waals surface area contributed by atoms with Crippen LogP contribution in [0.1, 0.15) is 41.6 Å². The Labute approximate surface area is 226 Å². The molecule has 0 spiro atoms. The third-order valence-corrected chi connectivity index (χ3v) is 7.18. The first-order chi connectivity index (χ1) is 18.8. The Balaban J connectivity index is 1.62. The van der Waals surface area contributed by atoms with Gasteiger partial charge in [0, 0.05) is 11.6 Å². The smallest absolute Gasteiger partial charge is 0.338 e. The molecule has 0 fully saturated rings. The molecule has 0 saturated carbocycles. The predicted molar refractivity (Wildman–Crippen MR) is 142 cm³/mol. The molecule has 3 heterocycles. The molecule has 1 aliphatic rings. The zero-order chi connectivity index (χ0) is 27.7. The minimum atomic E-state index is -0.845. The summed E-state index contributed by atoms with van der Waals surface area (Å²) in [5.74, 6) is -0.714. The molecule has 0 aliphatic carbocycles. The quantitative estimate of drug-likeness (QED) is 0.339. The second kappa shape index (κ2) is 10.7. The molecule has 1 aliphatic heterocycles. The van der Waals surface area contributed by atoms with Crippen molar-refractivity contribution < 1.29 is 27.9 Å². The van der Waals surface area contributed by atoms with Crippen LogP contribution in [0.5, 0.6) is 0 Å². The molecule has 39 heavy (non-hydrogen) atoms. The van der Waals surface area contributed by atoms with E-state index in [1.807, 2.05) is 0 Å². The van der Waals surface area contributed by atoms with Crippen LogP contribution in [0.3, 0.4) is 0 Å². The number of rotatable bonds is 6. The van der Waals surface area contributed by atoms with Crippen LogP contribution in [0.2, 0.25) is 0 Å². The predicted octanol–water partition coefficient (Wildman–Crippen LogP) is 3.98. The number of ether oxygens (including phenoxy) is 2. The number of thiazole rings is 1. The van der Waals surface area contributed by atoms with Crippen LogP contribution < -0.4 is 14.9 Å². The van der Waals surface area contributed by atoms with E-state index in [-0.39, 0.29) is 12.2 Å². The number of benzene rings is 2. The van der Waals surface area contributed by atoms with Crippen molar-refractivity contribution in [3.05, 3.63) is 114 Å². The number of esters is 2. The lowest BCUT2D eigenvalue weighted by atomic mass is 9.96. The van der Waals surface area contributed by atoms with Crippen LogP contribution in [0.15, 0.2) is 86.1 Å². The fraction of sp³-hybridized carbons (Fsp3) is 0.172. The lowest BCUT2D eigenvalue weighted by Gasteiger charge is -2.24. The number of allylic oxidation sites excluding steroid dienone is 1. The zero-order valence-electron chi connectivity index (χ0n) is 21.3. The second-order valence-electron chi connectivity index (χ2n) is 8.59. The first-order valence-electron chi connectivity index (χ1n) is 12.0. The van der Waals surface area contributed by atoms with Crippen LogP contribution in [0.4, 0.5) is 4.39 Å². The molecular weight excluding hydrogens is 523 g/mol. The Morgan fingerprint density at radius 3 is 2.56 bits per heavy atom. The molecule has 0 amide bonds. The van der Waals surface area contributed by atoms with Gasteiger partial charge in [-0.2, -0.15) is 0 Å². The van der Waals surface area contributed by atoms with E-state index < -0.39 is 29.4 Å². The summed E-state index contributed by atoms with van der Waals surface area (Å²) in [6, 6.07) is 15.1. The first-order valence-corrected chi connectivity index (χ1v) is 12.9. The van der Waals surface area contributed by atoms with Gasteiger partial charge in [0.25, 0.3) is 5.56 Å². The van der Waals surface area contributed by atoms with E-state index in [2.05, 4.69) is 4.99 Å². The highest BCUT2D eigenvalue weighted by Crippen LogP contribution is 2.31. The van der Waals surface area contributed by atoms with Crippen LogP contribution in [0, 0.1) is 5.82 Å². The molecule has 2 aromatic heterocycles. The maximum Gasteiger partial charge on any atom is 0.338 e. The van der Waals surface area contributed by atoms with Crippen LogP contribution in [-0.2, 0) is 14.3 Å². The maximum atomic E-state index is 13.7. The minimum absolute atomic E-state index is 0.149. The van der Waals surface area contributed by atoms with Crippen LogP contribution in [0.25, 0.3) is 17.4 Å². The maximum absolute atomic E-state index is 13.7. The van der Waals surface area contributed by atoms with Crippen molar-refractivity contribution in [3.8, 4) is 11.3 Å². The Bertz CT molecular complexity index is 1800. The summed E-state index contributed by atoms with van der Waals surface area (Å²) >= 11 is 1.14. The average Bonchev–Trinajstić information content (AvgIpc) is 3.52. The molecule has 0 saturated heterocycles. The molecule has 0 radical (unpaired) electrons. The summed E-state index contributed by atoms with van der Waals surface area (Å²) in [7, 11) is 1.31. The highest BCUT2D eigenvalue weighted by molar-refractivity contribution is 7.07. The molecule has 0 bridgehead atoms. The summed E-state index contributed by atoms with van der Waals surface area (Å²) in [6.07, 6.45) is 1.58. The Kier molecular flexibility index (Phi) is 7.12. The number of nitrogens with zero attached hydrogens (tertiary/aromatic N) is 2. The van der Waals surface area contributed by atoms with Crippen molar-refractivity contribution >= 4 is 29.4 Å². The molecule has 0 N–H and O–H groups in total. The summed E-state index contributed by atoms with van der Waals surface area (Å²) in [5.41, 5.74) is 1.67. The van der Waals surface area contributed by atoms with Crippen molar-refractivity contribution in [3.63, 3.8) is 0 Å². The van der Waals surface area contributed by atoms with Crippen LogP contribution >= 0.6 is 11.3 Å². The van der Waals surface area contributed by atoms with Crippen molar-refractivity contribution in [1.29, 1.82) is 0 Å². The largest absolute Gasteiger partial charge is 0.465 e. The van der Waals surface area contributed by atoms with Crippen molar-refractivity contribution in [2.75, 3.05) is 13.7 Å². The Hall–Kier alpha value is -4.57. The molecule has 2 aromatic carbocycles. The van der Waals surface area contributed by atoms with E-state index in [9.17, 15) is 18.8 Å². The van der Waals surface area contributed by atoms with E-state index in [4.69, 9.17) is 13.9 Å². The molecule has 10 heteroatoms. The van der Waals surface area contributed by atoms with Crippen molar-refractivity contribution in [2.45, 2.75) is 19.9 Å². The fourth-order valence-corrected chi connectivity index (χ4v) is 5.47. The third kappa shape index (κ3) is 4.86. The third-order valence-electron chi connectivity index (χ3n) is 6.20. The Morgan fingerprint density at radius 1 is 1.10 bits per heavy atom. The number of hydrogen-bond donors (Lipinski definition) is 0. The second-order valence-corrected chi connectivity index (χ2v) is 9.60. The van der Waals surface area contributed by atoms with Gasteiger partial charge in [-0.15, -0.1) is 0 Å². The van der Waals surface area contributed by atoms with E-state index in [0.29, 0.717) is 43.2 Å². The number of hydrogen-bond acceptors (Lipinski definition) is 8. The number of carbonyl (C=O) groups excluding carboxylic acids is 2. The lowest BCUT2D eigenvalue weighted by Crippen LogP contribution is -2.39. The van der Waals surface area contributed by atoms with Gasteiger partial charge in [0.15, 0.2) is 4.80 Å². The van der Waals surface area contributed by atoms with E-state index in [0.717, 1.165) is 11.3 Å². The van der Waals surface area contributed by atoms with Crippen molar-refractivity contribution in [2.24, 2.45) is 4.99 Å². The number of halogens is 1. The van der Waals surface area contributed by atoms with Gasteiger partial charge in [0.1, 0.15) is 17.3 Å². The Morgan fingerprint density at radius 2 is 1.85 bits per heavy atom. The van der Waals surface area contributed by atoms with Gasteiger partial charge in [-0.3, -0.25) is 9.36 Å². The van der Waals surface area contributed by atoms with Crippen molar-refractivity contribution in [1.82, 2.24) is 4.57 Å². The number of methoxy groups -OCH3 is 1. The van der Waals surface area contributed by atoms with Gasteiger partial charge in [-0.1, -0.05) is 41.7 Å². The van der Waals surface area contributed by atoms with E-state index >= 15 is 0 Å². The molecule has 5 rings (SSSR count). The molecule has 8 nitrogen and oxygen atoms in total. The summed E-state index contributed by atoms with van der Waals surface area (Å²) in [5, 5.41) is 0. The van der Waals surface area contributed by atoms with Gasteiger partial charge in [0.05, 0.1) is 41.1 Å². The van der Waals surface area contributed by atoms with E-state index in [1.165, 1.54) is 35.9 Å². The monoisotopic (exact) mass is 546 g/mol. The fourth-order valence-electron chi connectivity index (χ4n) is 4.44. The molecule has 1 unspecified atom stereocenters. The summed E-state index contributed by atoms with van der Waals surface area (Å²) < 4.78 is 31.6. The summed E-state index contributed by atoms with van der Waals surface area (Å²) in [4.78, 5) is 43.7. The van der Waals surface area contributed by atoms with E-state index in [1.54, 1.807) is 56.3 Å². The molecule has 4 aromatic rings. The van der Waals surface area contributed by atoms with Gasteiger partial charge in [-0.25, -0.2) is 19.0 Å². The van der Waals surface area contributed by atoms with Gasteiger partial charge in [0.2, 0.25) is 0 Å². The number of carbonyl (C=O) groups is 2. The zero-order valence-corrected chi connectivity index (χ0v) is 22.1. The van der Waals surface area contributed by atoms with Gasteiger partial charge >= 0.3 is 11.9 Å². The van der Waals surface area contributed by atoms with Gasteiger partial charge in [-0.05, 0) is 49.7 Å². The number of furan rings is 1. The summed E-state index contributed by atoms with van der Waals surface area (Å²) in [6.45, 7) is 3.52. The average molecular weight is 547 g/mol. The minimum Gasteiger partial charge on any atom is -0.465 e. The van der Waals surface area contributed by atoms with Crippen LogP contribution in [-0.4, -0.2) is 30.2 Å². The number of fused-ring (bicyclic) bond motifs is 1. The SMILES string of the molecule is CCOC(=O)C1=C(C)N=c2s/c(=C\c3ccc(-c4ccccc4C(=O)OC)o3)c(=O)n2C1c1ccc(F)cc1. The number of aromatic nitrogens is 1. The molecular formula is C29H23FN2O6S. The standard InChI is InChI=1S/C29H23FN2O6S/c1-4-37-28(35)24-16(2)31-29-32(25(24)17-9-11-18(30)12-10-17)26(33)23(39-29)15-19-13-14-22(38-19)20-7-5-6-8-21(20)27(34)36-3/h5-15,25H,4H2,1-3H3/b23-15-. The topological polar surface area (TPSA) is 100 Å². The normalized spacial score (nSPS) is 15.1. The van der Waals surface area contributed by atoms with Gasteiger partial charge < -0.3 is 13.9 Å². The molecule has 198 valence electrons. The highest BCUT2D eigenvalue weighted by atomic mass is 32.1. The highest BCUT2D eigenvalue weighted by Gasteiger charge is 2.33.